The lowest BCUT2D eigenvalue weighted by Gasteiger charge is -2.11. The summed E-state index contributed by atoms with van der Waals surface area (Å²) in [4.78, 5) is 17.2. The Morgan fingerprint density at radius 3 is 1.40 bits per heavy atom. The van der Waals surface area contributed by atoms with Crippen molar-refractivity contribution in [2.45, 2.75) is 6.92 Å². The van der Waals surface area contributed by atoms with Gasteiger partial charge in [-0.3, -0.25) is 0 Å². The summed E-state index contributed by atoms with van der Waals surface area (Å²) in [6.45, 7) is 9.40. The van der Waals surface area contributed by atoms with Crippen molar-refractivity contribution >= 4 is 61.2 Å². The number of ether oxygens (including phenoxy) is 1. The normalized spacial score (nSPS) is 16.8. The van der Waals surface area contributed by atoms with E-state index in [0.29, 0.717) is 22.6 Å². The molecule has 1 heterocycles. The van der Waals surface area contributed by atoms with Crippen LogP contribution in [0.3, 0.4) is 0 Å². The van der Waals surface area contributed by atoms with E-state index in [1.165, 1.54) is 0 Å². The number of rotatable bonds is 2. The van der Waals surface area contributed by atoms with Crippen LogP contribution in [0.5, 0.6) is 0 Å². The first-order chi connectivity index (χ1) is 19.6. The van der Waals surface area contributed by atoms with Gasteiger partial charge in [0.25, 0.3) is 0 Å². The highest BCUT2D eigenvalue weighted by Gasteiger charge is 2.32. The summed E-state index contributed by atoms with van der Waals surface area (Å²) >= 11 is 0. The van der Waals surface area contributed by atoms with Crippen molar-refractivity contribution in [3.05, 3.63) is 154 Å². The van der Waals surface area contributed by atoms with E-state index in [0.717, 1.165) is 54.2 Å². The third kappa shape index (κ3) is 3.78. The summed E-state index contributed by atoms with van der Waals surface area (Å²) in [5.74, 6) is -0.140. The fourth-order valence-electron chi connectivity index (χ4n) is 5.73. The summed E-state index contributed by atoms with van der Waals surface area (Å²) < 4.78 is 5.82. The molecule has 188 valence electrons. The lowest BCUT2D eigenvalue weighted by molar-refractivity contribution is -0.132. The molecule has 7 rings (SSSR count). The molecule has 1 aliphatic rings. The highest BCUT2D eigenvalue weighted by Crippen LogP contribution is 2.40. The highest BCUT2D eigenvalue weighted by atomic mass is 16.5. The first-order valence-corrected chi connectivity index (χ1v) is 13.2. The number of carbonyl (C=O) groups excluding carboxylic acids is 1. The van der Waals surface area contributed by atoms with Gasteiger partial charge in [0.15, 0.2) is 0 Å². The number of cyclic esters (lactones) is 1. The van der Waals surface area contributed by atoms with E-state index >= 15 is 0 Å². The molecule has 3 nitrogen and oxygen atoms in total. The third-order valence-electron chi connectivity index (χ3n) is 7.65. The maximum absolute atomic E-state index is 13.5. The molecular formula is C37H23NO2. The number of benzene rings is 6. The van der Waals surface area contributed by atoms with E-state index in [1.807, 2.05) is 60.7 Å². The highest BCUT2D eigenvalue weighted by molar-refractivity contribution is 6.14. The maximum atomic E-state index is 13.5. The molecule has 3 heteroatoms. The maximum Gasteiger partial charge on any atom is 0.342 e. The van der Waals surface area contributed by atoms with Gasteiger partial charge in [0.1, 0.15) is 5.76 Å². The Labute approximate surface area is 231 Å². The van der Waals surface area contributed by atoms with Gasteiger partial charge in [-0.1, -0.05) is 97.1 Å². The molecule has 0 radical (unpaired) electrons. The molecule has 1 aliphatic heterocycles. The van der Waals surface area contributed by atoms with E-state index in [1.54, 1.807) is 6.92 Å². The van der Waals surface area contributed by atoms with Crippen LogP contribution in [0.2, 0.25) is 0 Å². The van der Waals surface area contributed by atoms with Gasteiger partial charge in [0.2, 0.25) is 5.70 Å². The van der Waals surface area contributed by atoms with Gasteiger partial charge in [-0.2, -0.15) is 0 Å². The Bertz CT molecular complexity index is 2060. The zero-order chi connectivity index (χ0) is 27.2. The molecule has 6 aromatic rings. The summed E-state index contributed by atoms with van der Waals surface area (Å²) in [5, 5.41) is 8.65. The van der Waals surface area contributed by atoms with Crippen LogP contribution in [0.1, 0.15) is 18.1 Å². The van der Waals surface area contributed by atoms with Crippen molar-refractivity contribution in [1.82, 2.24) is 0 Å². The summed E-state index contributed by atoms with van der Waals surface area (Å²) in [5.41, 5.74) is 3.35. The van der Waals surface area contributed by atoms with Crippen LogP contribution in [-0.4, -0.2) is 5.97 Å². The number of nitrogens with zero attached hydrogens (tertiary/aromatic N) is 1. The van der Waals surface area contributed by atoms with Crippen molar-refractivity contribution < 1.29 is 9.53 Å². The molecule has 0 aromatic heterocycles. The number of carbonyl (C=O) groups is 1. The van der Waals surface area contributed by atoms with Crippen molar-refractivity contribution in [2.75, 3.05) is 0 Å². The predicted octanol–water partition coefficient (Wildman–Crippen LogP) is 9.47. The van der Waals surface area contributed by atoms with Crippen molar-refractivity contribution in [2.24, 2.45) is 0 Å². The minimum Gasteiger partial charge on any atom is -0.434 e. The molecule has 1 fully saturated rings. The molecule has 6 aromatic carbocycles. The fourth-order valence-corrected chi connectivity index (χ4v) is 5.73. The Kier molecular flexibility index (Phi) is 5.54. The van der Waals surface area contributed by atoms with E-state index in [4.69, 9.17) is 11.3 Å². The van der Waals surface area contributed by atoms with Crippen LogP contribution < -0.4 is 0 Å². The van der Waals surface area contributed by atoms with Gasteiger partial charge in [-0.05, 0) is 85.4 Å². The SMILES string of the molecule is [C-]#[N+]C(C)=C1OC(=O)C(=C\c2c3ccccc3cc3ccccc23)/C1=C\c1c2ccccc2cc2ccccc12. The summed E-state index contributed by atoms with van der Waals surface area (Å²) in [6.07, 6.45) is 3.97. The minimum atomic E-state index is -0.453. The molecular weight excluding hydrogens is 490 g/mol. The second-order valence-electron chi connectivity index (χ2n) is 10.00. The van der Waals surface area contributed by atoms with Crippen LogP contribution in [0.25, 0.3) is 60.1 Å². The summed E-state index contributed by atoms with van der Waals surface area (Å²) in [7, 11) is 0. The van der Waals surface area contributed by atoms with Gasteiger partial charge < -0.3 is 4.74 Å². The molecule has 0 atom stereocenters. The Hall–Kier alpha value is -5.46. The standard InChI is InChI=1S/C37H23NO2/c1-23(38-2)36-34(21-32-28-15-7-3-11-24(28)19-25-12-4-8-16-29(25)32)35(37(39)40-36)22-33-30-17-9-5-13-26(30)20-27-14-6-10-18-31(27)33/h3-22H,1H3/b34-21+,35-22-,36-23?. The fraction of sp³-hybridized carbons (Fsp3) is 0.0270. The second-order valence-corrected chi connectivity index (χ2v) is 10.00. The number of allylic oxidation sites excluding steroid dienone is 2. The molecule has 0 amide bonds. The monoisotopic (exact) mass is 513 g/mol. The molecule has 1 saturated heterocycles. The Morgan fingerprint density at radius 2 is 1.00 bits per heavy atom. The van der Waals surface area contributed by atoms with Crippen LogP contribution in [-0.2, 0) is 9.53 Å². The second kappa shape index (κ2) is 9.38. The topological polar surface area (TPSA) is 30.7 Å². The van der Waals surface area contributed by atoms with Crippen LogP contribution in [0, 0.1) is 6.57 Å². The summed E-state index contributed by atoms with van der Waals surface area (Å²) in [6, 6.07) is 37.3. The first-order valence-electron chi connectivity index (χ1n) is 13.2. The molecule has 0 unspecified atom stereocenters. The minimum absolute atomic E-state index is 0.313. The molecule has 0 bridgehead atoms. The van der Waals surface area contributed by atoms with Crippen molar-refractivity contribution in [3.63, 3.8) is 0 Å². The van der Waals surface area contributed by atoms with E-state index < -0.39 is 5.97 Å². The zero-order valence-corrected chi connectivity index (χ0v) is 21.8. The lowest BCUT2D eigenvalue weighted by atomic mass is 9.91. The van der Waals surface area contributed by atoms with E-state index in [2.05, 4.69) is 65.5 Å². The van der Waals surface area contributed by atoms with Gasteiger partial charge >= 0.3 is 5.97 Å². The van der Waals surface area contributed by atoms with Crippen molar-refractivity contribution in [1.29, 1.82) is 0 Å². The van der Waals surface area contributed by atoms with Crippen LogP contribution in [0.15, 0.2) is 132 Å². The van der Waals surface area contributed by atoms with E-state index in [-0.39, 0.29) is 0 Å². The van der Waals surface area contributed by atoms with E-state index in [9.17, 15) is 4.79 Å². The number of hydrogen-bond donors (Lipinski definition) is 0. The number of hydrogen-bond acceptors (Lipinski definition) is 2. The quantitative estimate of drug-likeness (QED) is 0.0999. The Balaban J connectivity index is 1.58. The molecule has 0 aliphatic carbocycles. The van der Waals surface area contributed by atoms with Gasteiger partial charge in [-0.25, -0.2) is 9.64 Å². The number of fused-ring (bicyclic) bond motifs is 4. The average molecular weight is 514 g/mol. The predicted molar refractivity (Wildman–Crippen MR) is 164 cm³/mol. The molecule has 0 saturated carbocycles. The average Bonchev–Trinajstić information content (AvgIpc) is 3.30. The van der Waals surface area contributed by atoms with Crippen LogP contribution in [0.4, 0.5) is 0 Å². The first kappa shape index (κ1) is 23.6. The van der Waals surface area contributed by atoms with Gasteiger partial charge in [-0.15, -0.1) is 0 Å². The molecule has 0 spiro atoms. The van der Waals surface area contributed by atoms with Crippen LogP contribution >= 0.6 is 0 Å². The Morgan fingerprint density at radius 1 is 0.625 bits per heavy atom. The molecule has 40 heavy (non-hydrogen) atoms. The number of esters is 1. The van der Waals surface area contributed by atoms with Crippen molar-refractivity contribution in [3.8, 4) is 0 Å². The smallest absolute Gasteiger partial charge is 0.342 e. The third-order valence-corrected chi connectivity index (χ3v) is 7.65. The zero-order valence-electron chi connectivity index (χ0n) is 21.8. The van der Waals surface area contributed by atoms with Gasteiger partial charge in [0.05, 0.1) is 12.1 Å². The largest absolute Gasteiger partial charge is 0.434 e. The van der Waals surface area contributed by atoms with Gasteiger partial charge in [0, 0.05) is 5.57 Å². The molecule has 0 N–H and O–H groups in total. The lowest BCUT2D eigenvalue weighted by Crippen LogP contribution is -1.96.